The zero-order valence-electron chi connectivity index (χ0n) is 11.0. The summed E-state index contributed by atoms with van der Waals surface area (Å²) >= 11 is 7.90. The van der Waals surface area contributed by atoms with Crippen LogP contribution in [0.15, 0.2) is 47.4 Å². The van der Waals surface area contributed by atoms with E-state index in [0.717, 1.165) is 15.6 Å². The highest BCUT2D eigenvalue weighted by Crippen LogP contribution is 2.25. The van der Waals surface area contributed by atoms with Gasteiger partial charge in [-0.25, -0.2) is 8.42 Å². The lowest BCUT2D eigenvalue weighted by Crippen LogP contribution is -2.14. The van der Waals surface area contributed by atoms with E-state index in [0.29, 0.717) is 17.3 Å². The van der Waals surface area contributed by atoms with Gasteiger partial charge in [0.05, 0.1) is 10.6 Å². The van der Waals surface area contributed by atoms with Gasteiger partial charge in [0.15, 0.2) is 0 Å². The van der Waals surface area contributed by atoms with Gasteiger partial charge in [-0.3, -0.25) is 4.72 Å². The third-order valence-electron chi connectivity index (χ3n) is 2.84. The van der Waals surface area contributed by atoms with E-state index in [4.69, 9.17) is 17.3 Å². The molecule has 0 aromatic heterocycles. The number of halogens is 2. The molecule has 0 saturated heterocycles. The predicted molar refractivity (Wildman–Crippen MR) is 94.2 cm³/mol. The Morgan fingerprint density at radius 3 is 2.38 bits per heavy atom. The lowest BCUT2D eigenvalue weighted by Gasteiger charge is -2.10. The molecule has 0 heterocycles. The Labute approximate surface area is 142 Å². The molecule has 2 aromatic carbocycles. The third-order valence-corrected chi connectivity index (χ3v) is 5.35. The number of anilines is 1. The molecule has 2 aromatic rings. The second kappa shape index (κ2) is 6.95. The third kappa shape index (κ3) is 4.32. The lowest BCUT2D eigenvalue weighted by molar-refractivity contribution is 0.601. The molecular weight excluding hydrogens is 423 g/mol. The Morgan fingerprint density at radius 1 is 1.14 bits per heavy atom. The van der Waals surface area contributed by atoms with Crippen LogP contribution in [0.4, 0.5) is 5.69 Å². The molecule has 0 bridgehead atoms. The summed E-state index contributed by atoms with van der Waals surface area (Å²) in [4.78, 5) is 0.217. The smallest absolute Gasteiger partial charge is 0.261 e. The van der Waals surface area contributed by atoms with Crippen LogP contribution in [0.5, 0.6) is 0 Å². The number of nitrogens with one attached hydrogen (secondary N) is 1. The molecular formula is C14H14ClIN2O2S. The molecule has 0 atom stereocenters. The van der Waals surface area contributed by atoms with Crippen LogP contribution in [0.1, 0.15) is 5.56 Å². The van der Waals surface area contributed by atoms with E-state index in [1.54, 1.807) is 42.5 Å². The number of hydrogen-bond donors (Lipinski definition) is 2. The van der Waals surface area contributed by atoms with Crippen LogP contribution in [0, 0.1) is 3.57 Å². The molecule has 7 heteroatoms. The van der Waals surface area contributed by atoms with Crippen molar-refractivity contribution in [2.24, 2.45) is 5.73 Å². The largest absolute Gasteiger partial charge is 0.330 e. The zero-order chi connectivity index (χ0) is 15.5. The van der Waals surface area contributed by atoms with Crippen LogP contribution in [0.3, 0.4) is 0 Å². The molecule has 0 radical (unpaired) electrons. The standard InChI is InChI=1S/C14H14ClIN2O2S/c15-11-3-6-14(13(16)9-11)18-21(19,20)12-4-1-10(2-5-12)7-8-17/h1-6,9,18H,7-8,17H2. The van der Waals surface area contributed by atoms with Crippen molar-refractivity contribution in [3.63, 3.8) is 0 Å². The maximum absolute atomic E-state index is 12.3. The summed E-state index contributed by atoms with van der Waals surface area (Å²) in [6.45, 7) is 0.535. The van der Waals surface area contributed by atoms with Gasteiger partial charge in [0, 0.05) is 8.59 Å². The number of hydrogen-bond acceptors (Lipinski definition) is 3. The molecule has 0 aliphatic carbocycles. The Balaban J connectivity index is 2.25. The fourth-order valence-corrected chi connectivity index (χ4v) is 4.05. The van der Waals surface area contributed by atoms with Crippen LogP contribution < -0.4 is 10.5 Å². The van der Waals surface area contributed by atoms with Crippen molar-refractivity contribution in [1.82, 2.24) is 0 Å². The summed E-state index contributed by atoms with van der Waals surface area (Å²) in [5, 5.41) is 0.563. The second-order valence-corrected chi connectivity index (χ2v) is 7.69. The van der Waals surface area contributed by atoms with Gasteiger partial charge < -0.3 is 5.73 Å². The average Bonchev–Trinajstić information content (AvgIpc) is 2.43. The van der Waals surface area contributed by atoms with Crippen molar-refractivity contribution in [3.8, 4) is 0 Å². The van der Waals surface area contributed by atoms with Crippen molar-refractivity contribution in [2.45, 2.75) is 11.3 Å². The average molecular weight is 437 g/mol. The fraction of sp³-hybridized carbons (Fsp3) is 0.143. The SMILES string of the molecule is NCCc1ccc(S(=O)(=O)Nc2ccc(Cl)cc2I)cc1. The molecule has 112 valence electrons. The monoisotopic (exact) mass is 436 g/mol. The second-order valence-electron chi connectivity index (χ2n) is 4.41. The van der Waals surface area contributed by atoms with E-state index in [-0.39, 0.29) is 4.90 Å². The van der Waals surface area contributed by atoms with E-state index in [1.165, 1.54) is 0 Å². The first-order valence-electron chi connectivity index (χ1n) is 6.19. The highest BCUT2D eigenvalue weighted by Gasteiger charge is 2.15. The van der Waals surface area contributed by atoms with E-state index in [9.17, 15) is 8.42 Å². The molecule has 0 fully saturated rings. The van der Waals surface area contributed by atoms with Gasteiger partial charge >= 0.3 is 0 Å². The zero-order valence-corrected chi connectivity index (χ0v) is 14.7. The summed E-state index contributed by atoms with van der Waals surface area (Å²) in [7, 11) is -3.61. The number of rotatable bonds is 5. The van der Waals surface area contributed by atoms with Crippen molar-refractivity contribution in [1.29, 1.82) is 0 Å². The first-order valence-corrected chi connectivity index (χ1v) is 9.13. The molecule has 0 aliphatic heterocycles. The van der Waals surface area contributed by atoms with Gasteiger partial charge in [0.2, 0.25) is 0 Å². The molecule has 0 saturated carbocycles. The number of nitrogens with two attached hydrogens (primary N) is 1. The van der Waals surface area contributed by atoms with Gasteiger partial charge in [-0.15, -0.1) is 0 Å². The van der Waals surface area contributed by atoms with Gasteiger partial charge in [-0.05, 0) is 71.5 Å². The van der Waals surface area contributed by atoms with Crippen molar-refractivity contribution >= 4 is 49.9 Å². The summed E-state index contributed by atoms with van der Waals surface area (Å²) in [6.07, 6.45) is 0.725. The van der Waals surface area contributed by atoms with Gasteiger partial charge in [-0.2, -0.15) is 0 Å². The predicted octanol–water partition coefficient (Wildman–Crippen LogP) is 3.25. The van der Waals surface area contributed by atoms with Gasteiger partial charge in [0.25, 0.3) is 10.0 Å². The molecule has 21 heavy (non-hydrogen) atoms. The topological polar surface area (TPSA) is 72.2 Å². The van der Waals surface area contributed by atoms with E-state index < -0.39 is 10.0 Å². The molecule has 4 nitrogen and oxygen atoms in total. The van der Waals surface area contributed by atoms with Crippen molar-refractivity contribution in [2.75, 3.05) is 11.3 Å². The molecule has 0 amide bonds. The van der Waals surface area contributed by atoms with E-state index >= 15 is 0 Å². The minimum absolute atomic E-state index is 0.217. The molecule has 3 N–H and O–H groups in total. The van der Waals surface area contributed by atoms with Gasteiger partial charge in [0.1, 0.15) is 0 Å². The lowest BCUT2D eigenvalue weighted by atomic mass is 10.2. The van der Waals surface area contributed by atoms with Crippen LogP contribution >= 0.6 is 34.2 Å². The van der Waals surface area contributed by atoms with Crippen molar-refractivity contribution in [3.05, 3.63) is 56.6 Å². The summed E-state index contributed by atoms with van der Waals surface area (Å²) in [6, 6.07) is 11.7. The minimum atomic E-state index is -3.61. The summed E-state index contributed by atoms with van der Waals surface area (Å²) in [5.41, 5.74) is 6.99. The Hall–Kier alpha value is -0.830. The highest BCUT2D eigenvalue weighted by molar-refractivity contribution is 14.1. The van der Waals surface area contributed by atoms with Crippen LogP contribution in [-0.2, 0) is 16.4 Å². The molecule has 0 spiro atoms. The first kappa shape index (κ1) is 16.5. The molecule has 0 aliphatic rings. The minimum Gasteiger partial charge on any atom is -0.330 e. The number of benzene rings is 2. The summed E-state index contributed by atoms with van der Waals surface area (Å²) < 4.78 is 28.0. The number of sulfonamides is 1. The van der Waals surface area contributed by atoms with Crippen LogP contribution in [0.25, 0.3) is 0 Å². The normalized spacial score (nSPS) is 11.4. The Bertz CT molecular complexity index is 733. The van der Waals surface area contributed by atoms with E-state index in [1.807, 2.05) is 22.6 Å². The van der Waals surface area contributed by atoms with Crippen molar-refractivity contribution < 1.29 is 8.42 Å². The highest BCUT2D eigenvalue weighted by atomic mass is 127. The maximum atomic E-state index is 12.3. The maximum Gasteiger partial charge on any atom is 0.261 e. The molecule has 2 rings (SSSR count). The van der Waals surface area contributed by atoms with Gasteiger partial charge in [-0.1, -0.05) is 23.7 Å². The Morgan fingerprint density at radius 2 is 1.81 bits per heavy atom. The fourth-order valence-electron chi connectivity index (χ4n) is 1.78. The first-order chi connectivity index (χ1) is 9.92. The van der Waals surface area contributed by atoms with Crippen LogP contribution in [-0.4, -0.2) is 15.0 Å². The molecule has 0 unspecified atom stereocenters. The quantitative estimate of drug-likeness (QED) is 0.707. The summed E-state index contributed by atoms with van der Waals surface area (Å²) in [5.74, 6) is 0. The van der Waals surface area contributed by atoms with Crippen LogP contribution in [0.2, 0.25) is 5.02 Å². The van der Waals surface area contributed by atoms with E-state index in [2.05, 4.69) is 4.72 Å². The Kier molecular flexibility index (Phi) is 5.48.